The van der Waals surface area contributed by atoms with Crippen LogP contribution in [0.5, 0.6) is 5.75 Å². The zero-order valence-corrected chi connectivity index (χ0v) is 17.9. The minimum absolute atomic E-state index is 0.116. The van der Waals surface area contributed by atoms with E-state index >= 15 is 0 Å². The SMILES string of the molecule is CCOCCOc1ccc(NCC(=O)Nc2ccc(C(=O)NC(C)CC)cc2)cc1. The Bertz CT molecular complexity index is 791. The van der Waals surface area contributed by atoms with Crippen molar-refractivity contribution in [3.8, 4) is 5.75 Å². The van der Waals surface area contributed by atoms with E-state index in [2.05, 4.69) is 16.0 Å². The molecule has 0 saturated carbocycles. The summed E-state index contributed by atoms with van der Waals surface area (Å²) in [5.74, 6) is 0.459. The number of carbonyl (C=O) groups is 2. The number of rotatable bonds is 12. The second-order valence-electron chi connectivity index (χ2n) is 6.83. The van der Waals surface area contributed by atoms with Gasteiger partial charge in [-0.25, -0.2) is 0 Å². The van der Waals surface area contributed by atoms with E-state index in [1.807, 2.05) is 45.0 Å². The second-order valence-corrected chi connectivity index (χ2v) is 6.83. The van der Waals surface area contributed by atoms with Crippen LogP contribution >= 0.6 is 0 Å². The Morgan fingerprint density at radius 3 is 2.23 bits per heavy atom. The number of hydrogen-bond donors (Lipinski definition) is 3. The number of nitrogens with one attached hydrogen (secondary N) is 3. The molecule has 0 radical (unpaired) electrons. The van der Waals surface area contributed by atoms with Crippen molar-refractivity contribution in [2.45, 2.75) is 33.2 Å². The zero-order chi connectivity index (χ0) is 21.8. The average Bonchev–Trinajstić information content (AvgIpc) is 2.76. The van der Waals surface area contributed by atoms with Crippen LogP contribution in [0.25, 0.3) is 0 Å². The molecule has 1 atom stereocenters. The van der Waals surface area contributed by atoms with E-state index in [1.165, 1.54) is 0 Å². The van der Waals surface area contributed by atoms with Gasteiger partial charge in [0, 0.05) is 29.6 Å². The summed E-state index contributed by atoms with van der Waals surface area (Å²) >= 11 is 0. The number of anilines is 2. The molecule has 2 aromatic carbocycles. The first-order valence-corrected chi connectivity index (χ1v) is 10.3. The standard InChI is InChI=1S/C23H31N3O4/c1-4-17(3)25-23(28)18-6-8-20(9-7-18)26-22(27)16-24-19-10-12-21(13-11-19)30-15-14-29-5-2/h6-13,17,24H,4-5,14-16H2,1-3H3,(H,25,28)(H,26,27). The van der Waals surface area contributed by atoms with Crippen molar-refractivity contribution < 1.29 is 19.1 Å². The minimum Gasteiger partial charge on any atom is -0.491 e. The van der Waals surface area contributed by atoms with Gasteiger partial charge < -0.3 is 25.4 Å². The molecule has 30 heavy (non-hydrogen) atoms. The van der Waals surface area contributed by atoms with Gasteiger partial charge in [-0.15, -0.1) is 0 Å². The van der Waals surface area contributed by atoms with Crippen molar-refractivity contribution in [2.75, 3.05) is 37.0 Å². The predicted molar refractivity (Wildman–Crippen MR) is 119 cm³/mol. The van der Waals surface area contributed by atoms with Crippen LogP contribution in [0, 0.1) is 0 Å². The highest BCUT2D eigenvalue weighted by atomic mass is 16.5. The third-order valence-electron chi connectivity index (χ3n) is 4.43. The molecular weight excluding hydrogens is 382 g/mol. The normalized spacial score (nSPS) is 11.4. The van der Waals surface area contributed by atoms with Crippen molar-refractivity contribution in [1.82, 2.24) is 5.32 Å². The van der Waals surface area contributed by atoms with Gasteiger partial charge in [-0.2, -0.15) is 0 Å². The highest BCUT2D eigenvalue weighted by Gasteiger charge is 2.09. The molecule has 2 amide bonds. The van der Waals surface area contributed by atoms with Crippen molar-refractivity contribution >= 4 is 23.2 Å². The third-order valence-corrected chi connectivity index (χ3v) is 4.43. The lowest BCUT2D eigenvalue weighted by Gasteiger charge is -2.12. The third kappa shape index (κ3) is 8.13. The summed E-state index contributed by atoms with van der Waals surface area (Å²) in [6.45, 7) is 7.78. The highest BCUT2D eigenvalue weighted by molar-refractivity contribution is 5.96. The maximum Gasteiger partial charge on any atom is 0.251 e. The van der Waals surface area contributed by atoms with Crippen LogP contribution in [-0.4, -0.2) is 44.2 Å². The van der Waals surface area contributed by atoms with E-state index in [0.29, 0.717) is 31.1 Å². The van der Waals surface area contributed by atoms with E-state index in [9.17, 15) is 9.59 Å². The van der Waals surface area contributed by atoms with E-state index in [1.54, 1.807) is 24.3 Å². The Morgan fingerprint density at radius 2 is 1.60 bits per heavy atom. The summed E-state index contributed by atoms with van der Waals surface area (Å²) < 4.78 is 10.8. The van der Waals surface area contributed by atoms with E-state index < -0.39 is 0 Å². The van der Waals surface area contributed by atoms with Crippen LogP contribution in [0.15, 0.2) is 48.5 Å². The quantitative estimate of drug-likeness (QED) is 0.462. The largest absolute Gasteiger partial charge is 0.491 e. The molecule has 0 fully saturated rings. The number of carbonyl (C=O) groups excluding carboxylic acids is 2. The van der Waals surface area contributed by atoms with Gasteiger partial charge in [-0.1, -0.05) is 6.92 Å². The molecular formula is C23H31N3O4. The number of hydrogen-bond acceptors (Lipinski definition) is 5. The summed E-state index contributed by atoms with van der Waals surface area (Å²) in [7, 11) is 0. The molecule has 0 spiro atoms. The Hall–Kier alpha value is -3.06. The van der Waals surface area contributed by atoms with Gasteiger partial charge in [-0.05, 0) is 68.8 Å². The molecule has 0 bridgehead atoms. The zero-order valence-electron chi connectivity index (χ0n) is 17.9. The van der Waals surface area contributed by atoms with Crippen LogP contribution in [0.4, 0.5) is 11.4 Å². The molecule has 7 heteroatoms. The topological polar surface area (TPSA) is 88.7 Å². The first-order valence-electron chi connectivity index (χ1n) is 10.3. The number of amides is 2. The van der Waals surface area contributed by atoms with Gasteiger partial charge in [0.1, 0.15) is 12.4 Å². The fourth-order valence-corrected chi connectivity index (χ4v) is 2.53. The molecule has 7 nitrogen and oxygen atoms in total. The summed E-state index contributed by atoms with van der Waals surface area (Å²) in [5, 5.41) is 8.79. The van der Waals surface area contributed by atoms with Gasteiger partial charge in [0.05, 0.1) is 13.2 Å². The fourth-order valence-electron chi connectivity index (χ4n) is 2.53. The highest BCUT2D eigenvalue weighted by Crippen LogP contribution is 2.16. The second kappa shape index (κ2) is 12.5. The van der Waals surface area contributed by atoms with Crippen molar-refractivity contribution in [3.63, 3.8) is 0 Å². The molecule has 162 valence electrons. The van der Waals surface area contributed by atoms with Crippen molar-refractivity contribution in [2.24, 2.45) is 0 Å². The summed E-state index contributed by atoms with van der Waals surface area (Å²) in [6, 6.07) is 14.4. The molecule has 2 aromatic rings. The van der Waals surface area contributed by atoms with Gasteiger partial charge in [0.25, 0.3) is 5.91 Å². The first-order chi connectivity index (χ1) is 14.5. The van der Waals surface area contributed by atoms with E-state index in [4.69, 9.17) is 9.47 Å². The first kappa shape index (κ1) is 23.2. The van der Waals surface area contributed by atoms with Gasteiger partial charge in [-0.3, -0.25) is 9.59 Å². The molecule has 0 aromatic heterocycles. The number of benzene rings is 2. The van der Waals surface area contributed by atoms with Crippen LogP contribution in [0.1, 0.15) is 37.6 Å². The lowest BCUT2D eigenvalue weighted by molar-refractivity contribution is -0.114. The molecule has 0 heterocycles. The van der Waals surface area contributed by atoms with Crippen molar-refractivity contribution in [3.05, 3.63) is 54.1 Å². The monoisotopic (exact) mass is 413 g/mol. The average molecular weight is 414 g/mol. The maximum atomic E-state index is 12.2. The summed E-state index contributed by atoms with van der Waals surface area (Å²) in [6.07, 6.45) is 0.872. The molecule has 0 aliphatic heterocycles. The lowest BCUT2D eigenvalue weighted by Crippen LogP contribution is -2.31. The lowest BCUT2D eigenvalue weighted by atomic mass is 10.1. The summed E-state index contributed by atoms with van der Waals surface area (Å²) in [4.78, 5) is 24.3. The molecule has 1 unspecified atom stereocenters. The van der Waals surface area contributed by atoms with Crippen molar-refractivity contribution in [1.29, 1.82) is 0 Å². The smallest absolute Gasteiger partial charge is 0.251 e. The molecule has 3 N–H and O–H groups in total. The Balaban J connectivity index is 1.75. The van der Waals surface area contributed by atoms with Crippen LogP contribution < -0.4 is 20.7 Å². The minimum atomic E-state index is -0.177. The van der Waals surface area contributed by atoms with Gasteiger partial charge in [0.2, 0.25) is 5.91 Å². The summed E-state index contributed by atoms with van der Waals surface area (Å²) in [5.41, 5.74) is 2.02. The van der Waals surface area contributed by atoms with Crippen LogP contribution in [0.2, 0.25) is 0 Å². The molecule has 0 aliphatic carbocycles. The molecule has 0 aliphatic rings. The predicted octanol–water partition coefficient (Wildman–Crippen LogP) is 3.68. The van der Waals surface area contributed by atoms with Crippen LogP contribution in [-0.2, 0) is 9.53 Å². The number of ether oxygens (including phenoxy) is 2. The molecule has 0 saturated heterocycles. The maximum absolute atomic E-state index is 12.2. The van der Waals surface area contributed by atoms with E-state index in [-0.39, 0.29) is 24.4 Å². The fraction of sp³-hybridized carbons (Fsp3) is 0.391. The Morgan fingerprint density at radius 1 is 0.933 bits per heavy atom. The van der Waals surface area contributed by atoms with E-state index in [0.717, 1.165) is 17.9 Å². The van der Waals surface area contributed by atoms with Gasteiger partial charge in [0.15, 0.2) is 0 Å². The van der Waals surface area contributed by atoms with Crippen LogP contribution in [0.3, 0.4) is 0 Å². The molecule has 2 rings (SSSR count). The van der Waals surface area contributed by atoms with Gasteiger partial charge >= 0.3 is 0 Å². The Labute approximate surface area is 178 Å². The Kier molecular flexibility index (Phi) is 9.67.